The molecule has 2 aromatic carbocycles. The first kappa shape index (κ1) is 22.5. The van der Waals surface area contributed by atoms with Crippen molar-refractivity contribution < 1.29 is 4.74 Å². The number of nitrogen functional groups attached to an aromatic ring is 1. The highest BCUT2D eigenvalue weighted by atomic mass is 32.2. The van der Waals surface area contributed by atoms with Crippen molar-refractivity contribution in [1.82, 2.24) is 24.7 Å². The van der Waals surface area contributed by atoms with Crippen LogP contribution in [0.4, 0.5) is 11.6 Å². The quantitative estimate of drug-likeness (QED) is 0.300. The van der Waals surface area contributed by atoms with Crippen LogP contribution in [0.25, 0.3) is 27.7 Å². The first-order valence-electron chi connectivity index (χ1n) is 10.8. The van der Waals surface area contributed by atoms with E-state index in [1.54, 1.807) is 19.4 Å². The average molecular weight is 486 g/mol. The molecule has 0 aliphatic heterocycles. The van der Waals surface area contributed by atoms with E-state index in [2.05, 4.69) is 24.9 Å². The number of aryl methyl sites for hydroxylation is 2. The Kier molecular flexibility index (Phi) is 5.87. The molecular weight excluding hydrogens is 462 g/mol. The predicted octanol–water partition coefficient (Wildman–Crippen LogP) is 4.50. The van der Waals surface area contributed by atoms with E-state index in [-0.39, 0.29) is 11.5 Å². The number of aromatic amines is 1. The van der Waals surface area contributed by atoms with E-state index in [0.29, 0.717) is 28.2 Å². The molecule has 0 saturated carbocycles. The summed E-state index contributed by atoms with van der Waals surface area (Å²) < 4.78 is 10.2. The first-order chi connectivity index (χ1) is 17.0. The number of para-hydroxylation sites is 1. The Bertz CT molecular complexity index is 1580. The number of nitrogens with two attached hydrogens (primary N) is 1. The van der Waals surface area contributed by atoms with Crippen LogP contribution in [0, 0.1) is 13.8 Å². The van der Waals surface area contributed by atoms with Crippen LogP contribution in [0.1, 0.15) is 11.4 Å². The highest BCUT2D eigenvalue weighted by Crippen LogP contribution is 2.33. The number of anilines is 2. The van der Waals surface area contributed by atoms with Crippen molar-refractivity contribution in [3.8, 4) is 22.7 Å². The van der Waals surface area contributed by atoms with Gasteiger partial charge in [0.1, 0.15) is 5.69 Å². The Morgan fingerprint density at radius 2 is 1.89 bits per heavy atom. The maximum atomic E-state index is 13.4. The fourth-order valence-corrected chi connectivity index (χ4v) is 4.60. The van der Waals surface area contributed by atoms with Gasteiger partial charge in [-0.15, -0.1) is 0 Å². The number of benzene rings is 2. The number of nitrogens with zero attached hydrogens (tertiary/aromatic N) is 4. The van der Waals surface area contributed by atoms with Crippen LogP contribution in [0.3, 0.4) is 0 Å². The number of rotatable bonds is 6. The third-order valence-corrected chi connectivity index (χ3v) is 6.74. The second kappa shape index (κ2) is 9.15. The van der Waals surface area contributed by atoms with Gasteiger partial charge in [-0.2, -0.15) is 5.10 Å². The molecule has 35 heavy (non-hydrogen) atoms. The number of pyridine rings is 1. The van der Waals surface area contributed by atoms with Gasteiger partial charge in [-0.3, -0.25) is 9.89 Å². The van der Waals surface area contributed by atoms with Gasteiger partial charge in [-0.1, -0.05) is 24.3 Å². The lowest BCUT2D eigenvalue weighted by atomic mass is 10.0. The monoisotopic (exact) mass is 485 g/mol. The molecule has 0 radical (unpaired) electrons. The SMILES string of the molecule is COc1ncc(-c2ccc3nc(N)n(-c4ccccc4)c(=O)c3c2)cc1NSc1c(C)n[nH]c1C. The minimum absolute atomic E-state index is 0.140. The molecule has 0 amide bonds. The number of methoxy groups -OCH3 is 1. The fraction of sp³-hybridized carbons (Fsp3) is 0.120. The molecule has 0 bridgehead atoms. The van der Waals surface area contributed by atoms with Gasteiger partial charge in [0.05, 0.1) is 34.3 Å². The zero-order valence-electron chi connectivity index (χ0n) is 19.4. The van der Waals surface area contributed by atoms with Gasteiger partial charge in [0.15, 0.2) is 0 Å². The Morgan fingerprint density at radius 1 is 1.09 bits per heavy atom. The molecule has 0 spiro atoms. The summed E-state index contributed by atoms with van der Waals surface area (Å²) in [6, 6.07) is 16.7. The zero-order chi connectivity index (χ0) is 24.5. The fourth-order valence-electron chi connectivity index (χ4n) is 3.85. The van der Waals surface area contributed by atoms with Gasteiger partial charge in [0, 0.05) is 17.5 Å². The van der Waals surface area contributed by atoms with Crippen molar-refractivity contribution in [3.05, 3.63) is 82.5 Å². The van der Waals surface area contributed by atoms with Crippen LogP contribution >= 0.6 is 11.9 Å². The minimum atomic E-state index is -0.234. The van der Waals surface area contributed by atoms with Crippen LogP contribution < -0.4 is 20.8 Å². The minimum Gasteiger partial charge on any atom is -0.480 e. The number of ether oxygens (including phenoxy) is 1. The van der Waals surface area contributed by atoms with Crippen molar-refractivity contribution in [2.45, 2.75) is 18.7 Å². The molecule has 176 valence electrons. The highest BCUT2D eigenvalue weighted by Gasteiger charge is 2.14. The molecule has 9 nitrogen and oxygen atoms in total. The van der Waals surface area contributed by atoms with E-state index >= 15 is 0 Å². The second-order valence-corrected chi connectivity index (χ2v) is 8.74. The molecule has 5 aromatic rings. The number of nitrogens with one attached hydrogen (secondary N) is 2. The normalized spacial score (nSPS) is 11.1. The highest BCUT2D eigenvalue weighted by molar-refractivity contribution is 8.00. The summed E-state index contributed by atoms with van der Waals surface area (Å²) in [5, 5.41) is 7.67. The topological polar surface area (TPSA) is 124 Å². The van der Waals surface area contributed by atoms with Gasteiger partial charge in [0.2, 0.25) is 11.8 Å². The van der Waals surface area contributed by atoms with Gasteiger partial charge in [-0.05, 0) is 61.7 Å². The van der Waals surface area contributed by atoms with E-state index < -0.39 is 0 Å². The Balaban J connectivity index is 1.56. The van der Waals surface area contributed by atoms with Crippen LogP contribution in [-0.2, 0) is 0 Å². The van der Waals surface area contributed by atoms with Crippen molar-refractivity contribution >= 4 is 34.5 Å². The van der Waals surface area contributed by atoms with E-state index in [1.165, 1.54) is 16.5 Å². The number of H-pyrrole nitrogens is 1. The van der Waals surface area contributed by atoms with E-state index in [1.807, 2.05) is 62.4 Å². The molecular formula is C25H23N7O2S. The number of hydrogen-bond donors (Lipinski definition) is 3. The number of aromatic nitrogens is 5. The molecule has 5 rings (SSSR count). The summed E-state index contributed by atoms with van der Waals surface area (Å²) in [7, 11) is 1.57. The summed E-state index contributed by atoms with van der Waals surface area (Å²) >= 11 is 1.43. The summed E-state index contributed by atoms with van der Waals surface area (Å²) in [6.45, 7) is 3.91. The van der Waals surface area contributed by atoms with E-state index in [4.69, 9.17) is 10.5 Å². The largest absolute Gasteiger partial charge is 0.480 e. The molecule has 3 heterocycles. The van der Waals surface area contributed by atoms with Crippen molar-refractivity contribution in [2.24, 2.45) is 0 Å². The summed E-state index contributed by atoms with van der Waals surface area (Å²) in [5.41, 5.74) is 11.3. The molecule has 3 aromatic heterocycles. The lowest BCUT2D eigenvalue weighted by Crippen LogP contribution is -2.23. The Hall–Kier alpha value is -4.31. The molecule has 0 fully saturated rings. The zero-order valence-corrected chi connectivity index (χ0v) is 20.2. The molecule has 10 heteroatoms. The van der Waals surface area contributed by atoms with Gasteiger partial charge >= 0.3 is 0 Å². The van der Waals surface area contributed by atoms with Crippen molar-refractivity contribution in [2.75, 3.05) is 17.6 Å². The maximum Gasteiger partial charge on any atom is 0.267 e. The van der Waals surface area contributed by atoms with Crippen molar-refractivity contribution in [1.29, 1.82) is 0 Å². The molecule has 0 aliphatic rings. The molecule has 0 saturated heterocycles. The van der Waals surface area contributed by atoms with Crippen LogP contribution in [-0.4, -0.2) is 31.8 Å². The Morgan fingerprint density at radius 3 is 2.60 bits per heavy atom. The molecule has 4 N–H and O–H groups in total. The van der Waals surface area contributed by atoms with Gasteiger partial charge < -0.3 is 15.2 Å². The standard InChI is InChI=1S/C25H23N7O2S/c1-14-22(15(2)30-29-14)35-31-21-12-17(13-27-23(21)34-3)16-9-10-20-19(11-16)24(33)32(25(26)28-20)18-7-5-4-6-8-18/h4-13,31H,1-3H3,(H2,26,28)(H,29,30). The predicted molar refractivity (Wildman–Crippen MR) is 139 cm³/mol. The number of hydrogen-bond acceptors (Lipinski definition) is 8. The lowest BCUT2D eigenvalue weighted by Gasteiger charge is -2.13. The average Bonchev–Trinajstić information content (AvgIpc) is 3.20. The first-order valence-corrected chi connectivity index (χ1v) is 11.6. The van der Waals surface area contributed by atoms with Crippen molar-refractivity contribution in [3.63, 3.8) is 0 Å². The third-order valence-electron chi connectivity index (χ3n) is 5.61. The second-order valence-electron chi connectivity index (χ2n) is 7.93. The summed E-state index contributed by atoms with van der Waals surface area (Å²) in [4.78, 5) is 23.3. The molecule has 0 aliphatic carbocycles. The number of fused-ring (bicyclic) bond motifs is 1. The third kappa shape index (κ3) is 4.19. The summed E-state index contributed by atoms with van der Waals surface area (Å²) in [5.74, 6) is 0.600. The van der Waals surface area contributed by atoms with Gasteiger partial charge in [0.25, 0.3) is 5.56 Å². The molecule has 0 unspecified atom stereocenters. The maximum absolute atomic E-state index is 13.4. The molecule has 0 atom stereocenters. The summed E-state index contributed by atoms with van der Waals surface area (Å²) in [6.07, 6.45) is 1.71. The lowest BCUT2D eigenvalue weighted by molar-refractivity contribution is 0.400. The van der Waals surface area contributed by atoms with E-state index in [9.17, 15) is 4.79 Å². The Labute approximate surface area is 205 Å². The van der Waals surface area contributed by atoms with Gasteiger partial charge in [-0.25, -0.2) is 14.5 Å². The van der Waals surface area contributed by atoms with Crippen LogP contribution in [0.2, 0.25) is 0 Å². The van der Waals surface area contributed by atoms with Crippen LogP contribution in [0.15, 0.2) is 70.5 Å². The van der Waals surface area contributed by atoms with E-state index in [0.717, 1.165) is 27.4 Å². The smallest absolute Gasteiger partial charge is 0.267 e. The van der Waals surface area contributed by atoms with Crippen LogP contribution in [0.5, 0.6) is 5.88 Å².